The van der Waals surface area contributed by atoms with Gasteiger partial charge in [0.05, 0.1) is 6.61 Å². The van der Waals surface area contributed by atoms with Crippen molar-refractivity contribution in [3.05, 3.63) is 18.5 Å². The number of likely N-dealkylation sites (tertiary alicyclic amines) is 1. The Hall–Kier alpha value is -1.69. The Morgan fingerprint density at radius 3 is 2.42 bits per heavy atom. The van der Waals surface area contributed by atoms with Crippen molar-refractivity contribution in [3.8, 4) is 0 Å². The molecule has 6 nitrogen and oxygen atoms in total. The van der Waals surface area contributed by atoms with E-state index in [9.17, 15) is 4.79 Å². The second kappa shape index (κ2) is 6.67. The highest BCUT2D eigenvalue weighted by Gasteiger charge is 2.41. The van der Waals surface area contributed by atoms with Crippen LogP contribution in [-0.2, 0) is 9.53 Å². The second-order valence-electron chi connectivity index (χ2n) is 7.41. The van der Waals surface area contributed by atoms with E-state index in [0.717, 1.165) is 77.3 Å². The average molecular weight is 330 g/mol. The third-order valence-electron chi connectivity index (χ3n) is 5.88. The van der Waals surface area contributed by atoms with Crippen LogP contribution in [0.1, 0.15) is 38.5 Å². The van der Waals surface area contributed by atoms with Crippen LogP contribution < -0.4 is 4.90 Å². The molecule has 3 aliphatic heterocycles. The van der Waals surface area contributed by atoms with E-state index < -0.39 is 0 Å². The van der Waals surface area contributed by atoms with Crippen LogP contribution in [0.15, 0.2) is 18.5 Å². The molecule has 0 bridgehead atoms. The van der Waals surface area contributed by atoms with E-state index in [1.54, 1.807) is 12.4 Å². The lowest BCUT2D eigenvalue weighted by Gasteiger charge is -2.45. The monoisotopic (exact) mass is 330 g/mol. The Morgan fingerprint density at radius 1 is 1.08 bits per heavy atom. The van der Waals surface area contributed by atoms with Crippen LogP contribution in [0.25, 0.3) is 0 Å². The SMILES string of the molecule is O=C([C@H]1CCC2(CCN(c3ncccn3)CC2)CO1)N1CCCC1. The molecule has 0 radical (unpaired) electrons. The molecule has 1 amide bonds. The summed E-state index contributed by atoms with van der Waals surface area (Å²) in [6.45, 7) is 4.49. The highest BCUT2D eigenvalue weighted by atomic mass is 16.5. The van der Waals surface area contributed by atoms with Crippen LogP contribution >= 0.6 is 0 Å². The van der Waals surface area contributed by atoms with Gasteiger partial charge in [0, 0.05) is 38.6 Å². The van der Waals surface area contributed by atoms with E-state index in [1.165, 1.54) is 0 Å². The Labute approximate surface area is 143 Å². The molecule has 0 aliphatic carbocycles. The Kier molecular flexibility index (Phi) is 4.39. The van der Waals surface area contributed by atoms with Gasteiger partial charge in [-0.05, 0) is 50.0 Å². The number of nitrogens with zero attached hydrogens (tertiary/aromatic N) is 4. The van der Waals surface area contributed by atoms with Gasteiger partial charge in [0.25, 0.3) is 5.91 Å². The van der Waals surface area contributed by atoms with Gasteiger partial charge >= 0.3 is 0 Å². The first-order valence-corrected chi connectivity index (χ1v) is 9.18. The third-order valence-corrected chi connectivity index (χ3v) is 5.88. The minimum atomic E-state index is -0.204. The summed E-state index contributed by atoms with van der Waals surface area (Å²) in [7, 11) is 0. The summed E-state index contributed by atoms with van der Waals surface area (Å²) in [5.74, 6) is 1.05. The summed E-state index contributed by atoms with van der Waals surface area (Å²) in [5, 5.41) is 0. The molecule has 0 N–H and O–H groups in total. The van der Waals surface area contributed by atoms with E-state index in [4.69, 9.17) is 4.74 Å². The molecule has 130 valence electrons. The van der Waals surface area contributed by atoms with Crippen LogP contribution in [0.2, 0.25) is 0 Å². The fraction of sp³-hybridized carbons (Fsp3) is 0.722. The molecule has 24 heavy (non-hydrogen) atoms. The number of anilines is 1. The van der Waals surface area contributed by atoms with Crippen molar-refractivity contribution in [2.75, 3.05) is 37.7 Å². The van der Waals surface area contributed by atoms with E-state index in [0.29, 0.717) is 0 Å². The van der Waals surface area contributed by atoms with Gasteiger partial charge in [-0.1, -0.05) is 0 Å². The largest absolute Gasteiger partial charge is 0.368 e. The highest BCUT2D eigenvalue weighted by Crippen LogP contribution is 2.41. The van der Waals surface area contributed by atoms with Gasteiger partial charge in [0.1, 0.15) is 6.10 Å². The van der Waals surface area contributed by atoms with Crippen molar-refractivity contribution in [1.29, 1.82) is 0 Å². The molecule has 3 fully saturated rings. The number of hydrogen-bond donors (Lipinski definition) is 0. The van der Waals surface area contributed by atoms with Crippen molar-refractivity contribution in [1.82, 2.24) is 14.9 Å². The molecule has 4 rings (SSSR count). The van der Waals surface area contributed by atoms with E-state index in [1.807, 2.05) is 11.0 Å². The summed E-state index contributed by atoms with van der Waals surface area (Å²) < 4.78 is 6.05. The zero-order valence-electron chi connectivity index (χ0n) is 14.2. The molecular formula is C18H26N4O2. The molecule has 1 aromatic rings. The van der Waals surface area contributed by atoms with E-state index in [-0.39, 0.29) is 17.4 Å². The molecule has 1 aromatic heterocycles. The fourth-order valence-corrected chi connectivity index (χ4v) is 4.24. The smallest absolute Gasteiger partial charge is 0.251 e. The topological polar surface area (TPSA) is 58.6 Å². The maximum Gasteiger partial charge on any atom is 0.251 e. The third kappa shape index (κ3) is 3.11. The van der Waals surface area contributed by atoms with Crippen LogP contribution in [0, 0.1) is 5.41 Å². The van der Waals surface area contributed by atoms with Gasteiger partial charge in [-0.25, -0.2) is 9.97 Å². The molecule has 1 atom stereocenters. The quantitative estimate of drug-likeness (QED) is 0.828. The molecule has 1 spiro atoms. The summed E-state index contributed by atoms with van der Waals surface area (Å²) in [5.41, 5.74) is 0.243. The van der Waals surface area contributed by atoms with E-state index in [2.05, 4.69) is 14.9 Å². The number of aromatic nitrogens is 2. The van der Waals surface area contributed by atoms with Gasteiger partial charge in [-0.3, -0.25) is 4.79 Å². The van der Waals surface area contributed by atoms with Crippen molar-refractivity contribution in [3.63, 3.8) is 0 Å². The standard InChI is InChI=1S/C18H26N4O2/c23-16(21-10-1-2-11-21)15-4-5-18(14-24-15)6-12-22(13-7-18)17-19-8-3-9-20-17/h3,8-9,15H,1-2,4-7,10-14H2/t15-/m1/s1. The lowest BCUT2D eigenvalue weighted by atomic mass is 9.73. The molecule has 3 saturated heterocycles. The van der Waals surface area contributed by atoms with Crippen molar-refractivity contribution in [2.45, 2.75) is 44.6 Å². The maximum atomic E-state index is 12.5. The number of carbonyl (C=O) groups excluding carboxylic acids is 1. The van der Waals surface area contributed by atoms with Crippen molar-refractivity contribution >= 4 is 11.9 Å². The number of piperidine rings is 1. The number of carbonyl (C=O) groups is 1. The normalized spacial score (nSPS) is 26.8. The Morgan fingerprint density at radius 2 is 1.79 bits per heavy atom. The first-order chi connectivity index (χ1) is 11.8. The van der Waals surface area contributed by atoms with Crippen molar-refractivity contribution < 1.29 is 9.53 Å². The second-order valence-corrected chi connectivity index (χ2v) is 7.41. The predicted molar refractivity (Wildman–Crippen MR) is 90.7 cm³/mol. The summed E-state index contributed by atoms with van der Waals surface area (Å²) in [4.78, 5) is 25.4. The molecule has 3 aliphatic rings. The fourth-order valence-electron chi connectivity index (χ4n) is 4.24. The summed E-state index contributed by atoms with van der Waals surface area (Å²) in [6.07, 6.45) is 9.82. The molecule has 0 saturated carbocycles. The van der Waals surface area contributed by atoms with Crippen LogP contribution in [-0.4, -0.2) is 59.7 Å². The summed E-state index contributed by atoms with van der Waals surface area (Å²) >= 11 is 0. The van der Waals surface area contributed by atoms with Gasteiger partial charge in [-0.2, -0.15) is 0 Å². The molecule has 0 unspecified atom stereocenters. The first kappa shape index (κ1) is 15.8. The van der Waals surface area contributed by atoms with Gasteiger partial charge in [0.15, 0.2) is 0 Å². The summed E-state index contributed by atoms with van der Waals surface area (Å²) in [6, 6.07) is 1.85. The molecule has 0 aromatic carbocycles. The first-order valence-electron chi connectivity index (χ1n) is 9.18. The van der Waals surface area contributed by atoms with Gasteiger partial charge in [-0.15, -0.1) is 0 Å². The van der Waals surface area contributed by atoms with Gasteiger partial charge in [0.2, 0.25) is 5.95 Å². The zero-order chi connectivity index (χ0) is 16.4. The molecule has 4 heterocycles. The Balaban J connectivity index is 1.30. The number of hydrogen-bond acceptors (Lipinski definition) is 5. The lowest BCUT2D eigenvalue weighted by molar-refractivity contribution is -0.152. The average Bonchev–Trinajstić information content (AvgIpc) is 3.18. The number of rotatable bonds is 2. The number of ether oxygens (including phenoxy) is 1. The lowest BCUT2D eigenvalue weighted by Crippen LogP contribution is -2.49. The van der Waals surface area contributed by atoms with Crippen molar-refractivity contribution in [2.24, 2.45) is 5.41 Å². The van der Waals surface area contributed by atoms with Gasteiger partial charge < -0.3 is 14.5 Å². The van der Waals surface area contributed by atoms with E-state index >= 15 is 0 Å². The minimum absolute atomic E-state index is 0.204. The van der Waals surface area contributed by atoms with Crippen LogP contribution in [0.3, 0.4) is 0 Å². The van der Waals surface area contributed by atoms with Crippen LogP contribution in [0.4, 0.5) is 5.95 Å². The highest BCUT2D eigenvalue weighted by molar-refractivity contribution is 5.81. The zero-order valence-corrected chi connectivity index (χ0v) is 14.2. The Bertz CT molecular complexity index is 556. The molecule has 6 heteroatoms. The van der Waals surface area contributed by atoms with Crippen LogP contribution in [0.5, 0.6) is 0 Å². The molecular weight excluding hydrogens is 304 g/mol. The predicted octanol–water partition coefficient (Wildman–Crippen LogP) is 1.86. The number of amides is 1. The minimum Gasteiger partial charge on any atom is -0.368 e. The maximum absolute atomic E-state index is 12.5.